The zero-order valence-electron chi connectivity index (χ0n) is 10.4. The van der Waals surface area contributed by atoms with Gasteiger partial charge in [0.2, 0.25) is 0 Å². The summed E-state index contributed by atoms with van der Waals surface area (Å²) in [7, 11) is 0. The predicted molar refractivity (Wildman–Crippen MR) is 67.1 cm³/mol. The highest BCUT2D eigenvalue weighted by Gasteiger charge is 2.07. The number of hydrogen-bond donors (Lipinski definition) is 1. The number of aryl methyl sites for hydroxylation is 1. The minimum Gasteiger partial charge on any atom is -0.352 e. The number of hydrogen-bond acceptors (Lipinski definition) is 2. The Kier molecular flexibility index (Phi) is 3.13. The van der Waals surface area contributed by atoms with Crippen LogP contribution in [0, 0.1) is 12.8 Å². The second kappa shape index (κ2) is 4.57. The fraction of sp³-hybridized carbons (Fsp3) is 0.385. The fourth-order valence-electron chi connectivity index (χ4n) is 1.65. The Morgan fingerprint density at radius 1 is 1.41 bits per heavy atom. The van der Waals surface area contributed by atoms with E-state index in [-0.39, 0.29) is 5.91 Å². The van der Waals surface area contributed by atoms with Crippen molar-refractivity contribution < 1.29 is 4.79 Å². The first-order valence-corrected chi connectivity index (χ1v) is 5.80. The van der Waals surface area contributed by atoms with Gasteiger partial charge in [-0.15, -0.1) is 0 Å². The number of aromatic nitrogens is 2. The SMILES string of the molecule is Cc1cn2cc(C(=O)NCC(C)C)ccc2n1. The molecule has 0 saturated carbocycles. The molecule has 17 heavy (non-hydrogen) atoms. The van der Waals surface area contributed by atoms with Crippen LogP contribution in [0.5, 0.6) is 0 Å². The van der Waals surface area contributed by atoms with Crippen molar-refractivity contribution in [3.63, 3.8) is 0 Å². The zero-order valence-corrected chi connectivity index (χ0v) is 10.4. The summed E-state index contributed by atoms with van der Waals surface area (Å²) in [5, 5.41) is 2.90. The molecule has 0 bridgehead atoms. The van der Waals surface area contributed by atoms with E-state index in [2.05, 4.69) is 24.1 Å². The molecule has 90 valence electrons. The molecule has 2 aromatic heterocycles. The molecule has 0 radical (unpaired) electrons. The fourth-order valence-corrected chi connectivity index (χ4v) is 1.65. The van der Waals surface area contributed by atoms with E-state index in [1.165, 1.54) is 0 Å². The molecule has 2 heterocycles. The van der Waals surface area contributed by atoms with Crippen LogP contribution >= 0.6 is 0 Å². The van der Waals surface area contributed by atoms with E-state index in [9.17, 15) is 4.79 Å². The van der Waals surface area contributed by atoms with Gasteiger partial charge in [-0.25, -0.2) is 4.98 Å². The molecule has 0 aliphatic carbocycles. The molecule has 0 fully saturated rings. The third kappa shape index (κ3) is 2.64. The van der Waals surface area contributed by atoms with E-state index in [0.29, 0.717) is 18.0 Å². The highest BCUT2D eigenvalue weighted by Crippen LogP contribution is 2.07. The molecule has 0 saturated heterocycles. The maximum absolute atomic E-state index is 11.9. The first kappa shape index (κ1) is 11.6. The van der Waals surface area contributed by atoms with Crippen LogP contribution in [0.1, 0.15) is 29.9 Å². The lowest BCUT2D eigenvalue weighted by Crippen LogP contribution is -2.27. The lowest BCUT2D eigenvalue weighted by molar-refractivity contribution is 0.0948. The number of rotatable bonds is 3. The van der Waals surface area contributed by atoms with Gasteiger partial charge < -0.3 is 9.72 Å². The van der Waals surface area contributed by atoms with E-state index in [0.717, 1.165) is 11.3 Å². The van der Waals surface area contributed by atoms with E-state index < -0.39 is 0 Å². The Morgan fingerprint density at radius 2 is 2.18 bits per heavy atom. The lowest BCUT2D eigenvalue weighted by atomic mass is 10.2. The first-order valence-electron chi connectivity index (χ1n) is 5.80. The smallest absolute Gasteiger partial charge is 0.252 e. The Bertz CT molecular complexity index is 543. The number of carbonyl (C=O) groups excluding carboxylic acids is 1. The van der Waals surface area contributed by atoms with Crippen LogP contribution in [0.3, 0.4) is 0 Å². The summed E-state index contributed by atoms with van der Waals surface area (Å²) >= 11 is 0. The van der Waals surface area contributed by atoms with Gasteiger partial charge >= 0.3 is 0 Å². The van der Waals surface area contributed by atoms with Crippen molar-refractivity contribution in [1.29, 1.82) is 0 Å². The van der Waals surface area contributed by atoms with Crippen molar-refractivity contribution in [3.05, 3.63) is 35.8 Å². The average molecular weight is 231 g/mol. The van der Waals surface area contributed by atoms with Crippen molar-refractivity contribution >= 4 is 11.6 Å². The second-order valence-corrected chi connectivity index (χ2v) is 4.67. The second-order valence-electron chi connectivity index (χ2n) is 4.67. The molecular weight excluding hydrogens is 214 g/mol. The standard InChI is InChI=1S/C13H17N3O/c1-9(2)6-14-13(17)11-4-5-12-15-10(3)7-16(12)8-11/h4-5,7-9H,6H2,1-3H3,(H,14,17). The molecule has 1 amide bonds. The van der Waals surface area contributed by atoms with Gasteiger partial charge in [-0.2, -0.15) is 0 Å². The van der Waals surface area contributed by atoms with Crippen LogP contribution in [0.4, 0.5) is 0 Å². The Balaban J connectivity index is 2.20. The van der Waals surface area contributed by atoms with Crippen LogP contribution < -0.4 is 5.32 Å². The molecule has 0 atom stereocenters. The number of carbonyl (C=O) groups is 1. The third-order valence-corrected chi connectivity index (χ3v) is 2.50. The summed E-state index contributed by atoms with van der Waals surface area (Å²) in [5.41, 5.74) is 2.48. The molecule has 2 rings (SSSR count). The highest BCUT2D eigenvalue weighted by molar-refractivity contribution is 5.94. The van der Waals surface area contributed by atoms with Crippen LogP contribution in [0.2, 0.25) is 0 Å². The van der Waals surface area contributed by atoms with Crippen molar-refractivity contribution in [2.45, 2.75) is 20.8 Å². The maximum atomic E-state index is 11.9. The molecule has 0 aliphatic rings. The minimum atomic E-state index is -0.0352. The summed E-state index contributed by atoms with van der Waals surface area (Å²) in [6.07, 6.45) is 3.72. The molecule has 0 aromatic carbocycles. The van der Waals surface area contributed by atoms with Crippen molar-refractivity contribution in [1.82, 2.24) is 14.7 Å². The summed E-state index contributed by atoms with van der Waals surface area (Å²) in [5.74, 6) is 0.421. The number of pyridine rings is 1. The van der Waals surface area contributed by atoms with E-state index in [4.69, 9.17) is 0 Å². The number of nitrogens with zero attached hydrogens (tertiary/aromatic N) is 2. The van der Waals surface area contributed by atoms with Gasteiger partial charge in [0.15, 0.2) is 0 Å². The summed E-state index contributed by atoms with van der Waals surface area (Å²) < 4.78 is 1.87. The van der Waals surface area contributed by atoms with Crippen LogP contribution in [0.15, 0.2) is 24.5 Å². The molecular formula is C13H17N3O. The van der Waals surface area contributed by atoms with E-state index in [1.807, 2.05) is 29.8 Å². The number of nitrogens with one attached hydrogen (secondary N) is 1. The lowest BCUT2D eigenvalue weighted by Gasteiger charge is -2.07. The zero-order chi connectivity index (χ0) is 12.4. The Hall–Kier alpha value is -1.84. The van der Waals surface area contributed by atoms with Gasteiger partial charge in [-0.3, -0.25) is 4.79 Å². The molecule has 4 heteroatoms. The molecule has 0 aliphatic heterocycles. The summed E-state index contributed by atoms with van der Waals surface area (Å²) in [4.78, 5) is 16.2. The highest BCUT2D eigenvalue weighted by atomic mass is 16.1. The molecule has 1 N–H and O–H groups in total. The molecule has 0 unspecified atom stereocenters. The van der Waals surface area contributed by atoms with E-state index in [1.54, 1.807) is 6.07 Å². The van der Waals surface area contributed by atoms with Crippen LogP contribution in [-0.2, 0) is 0 Å². The third-order valence-electron chi connectivity index (χ3n) is 2.50. The van der Waals surface area contributed by atoms with Crippen LogP contribution in [-0.4, -0.2) is 21.8 Å². The average Bonchev–Trinajstić information content (AvgIpc) is 2.64. The molecule has 4 nitrogen and oxygen atoms in total. The normalized spacial score (nSPS) is 11.1. The number of imidazole rings is 1. The topological polar surface area (TPSA) is 46.4 Å². The van der Waals surface area contributed by atoms with Gasteiger partial charge in [0.05, 0.1) is 11.3 Å². The number of amides is 1. The van der Waals surface area contributed by atoms with Crippen molar-refractivity contribution in [2.24, 2.45) is 5.92 Å². The first-order chi connectivity index (χ1) is 8.06. The summed E-state index contributed by atoms with van der Waals surface area (Å²) in [6.45, 7) is 6.77. The van der Waals surface area contributed by atoms with E-state index >= 15 is 0 Å². The van der Waals surface area contributed by atoms with Gasteiger partial charge in [0, 0.05) is 18.9 Å². The Labute approximate surface area is 101 Å². The van der Waals surface area contributed by atoms with Crippen molar-refractivity contribution in [2.75, 3.05) is 6.54 Å². The summed E-state index contributed by atoms with van der Waals surface area (Å²) in [6, 6.07) is 3.66. The van der Waals surface area contributed by atoms with Gasteiger partial charge in [-0.1, -0.05) is 13.8 Å². The van der Waals surface area contributed by atoms with Crippen molar-refractivity contribution in [3.8, 4) is 0 Å². The molecule has 2 aromatic rings. The quantitative estimate of drug-likeness (QED) is 0.878. The predicted octanol–water partition coefficient (Wildman–Crippen LogP) is 2.03. The van der Waals surface area contributed by atoms with Gasteiger partial charge in [0.25, 0.3) is 5.91 Å². The number of fused-ring (bicyclic) bond motifs is 1. The minimum absolute atomic E-state index is 0.0352. The largest absolute Gasteiger partial charge is 0.352 e. The monoisotopic (exact) mass is 231 g/mol. The Morgan fingerprint density at radius 3 is 2.88 bits per heavy atom. The molecule has 0 spiro atoms. The van der Waals surface area contributed by atoms with Gasteiger partial charge in [-0.05, 0) is 25.0 Å². The van der Waals surface area contributed by atoms with Gasteiger partial charge in [0.1, 0.15) is 5.65 Å². The van der Waals surface area contributed by atoms with Crippen LogP contribution in [0.25, 0.3) is 5.65 Å². The maximum Gasteiger partial charge on any atom is 0.252 e.